The Bertz CT molecular complexity index is 454. The van der Waals surface area contributed by atoms with Crippen LogP contribution in [0.4, 0.5) is 0 Å². The van der Waals surface area contributed by atoms with Crippen molar-refractivity contribution in [1.82, 2.24) is 4.90 Å². The molecule has 0 spiro atoms. The third-order valence-corrected chi connectivity index (χ3v) is 5.72. The minimum atomic E-state index is 0.386. The van der Waals surface area contributed by atoms with Gasteiger partial charge in [0.1, 0.15) is 0 Å². The Morgan fingerprint density at radius 2 is 1.71 bits per heavy atom. The fourth-order valence-electron chi connectivity index (χ4n) is 3.59. The summed E-state index contributed by atoms with van der Waals surface area (Å²) in [5.41, 5.74) is 1.45. The second kappa shape index (κ2) is 11.7. The Morgan fingerprint density at radius 3 is 2.42 bits per heavy atom. The summed E-state index contributed by atoms with van der Waals surface area (Å²) in [7, 11) is 0. The quantitative estimate of drug-likeness (QED) is 0.374. The molecule has 1 fully saturated rings. The molecule has 1 amide bonds. The van der Waals surface area contributed by atoms with Crippen LogP contribution < -0.4 is 0 Å². The maximum absolute atomic E-state index is 12.3. The molecule has 0 saturated carbocycles. The molecule has 1 saturated heterocycles. The highest BCUT2D eigenvalue weighted by molar-refractivity contribution is 9.09. The zero-order valence-electron chi connectivity index (χ0n) is 14.9. The number of piperidine rings is 1. The number of hydrogen-bond acceptors (Lipinski definition) is 1. The van der Waals surface area contributed by atoms with Crippen molar-refractivity contribution < 1.29 is 4.79 Å². The Balaban J connectivity index is 1.55. The van der Waals surface area contributed by atoms with E-state index in [1.54, 1.807) is 0 Å². The summed E-state index contributed by atoms with van der Waals surface area (Å²) in [4.78, 5) is 14.4. The van der Waals surface area contributed by atoms with E-state index in [0.29, 0.717) is 5.91 Å². The summed E-state index contributed by atoms with van der Waals surface area (Å²) in [6, 6.07) is 10.8. The van der Waals surface area contributed by atoms with Crippen LogP contribution in [-0.4, -0.2) is 29.2 Å². The van der Waals surface area contributed by atoms with Crippen molar-refractivity contribution in [2.75, 3.05) is 18.4 Å². The van der Waals surface area contributed by atoms with Crippen molar-refractivity contribution in [1.29, 1.82) is 0 Å². The van der Waals surface area contributed by atoms with Gasteiger partial charge >= 0.3 is 0 Å². The van der Waals surface area contributed by atoms with E-state index in [9.17, 15) is 4.79 Å². The highest BCUT2D eigenvalue weighted by atomic mass is 79.9. The summed E-state index contributed by atoms with van der Waals surface area (Å²) >= 11 is 3.45. The number of likely N-dealkylation sites (tertiary alicyclic amines) is 1. The van der Waals surface area contributed by atoms with Crippen LogP contribution in [0.15, 0.2) is 30.3 Å². The van der Waals surface area contributed by atoms with Gasteiger partial charge in [-0.15, -0.1) is 0 Å². The van der Waals surface area contributed by atoms with Crippen LogP contribution in [0.25, 0.3) is 0 Å². The third kappa shape index (κ3) is 7.38. The first kappa shape index (κ1) is 19.5. The monoisotopic (exact) mass is 393 g/mol. The zero-order valence-corrected chi connectivity index (χ0v) is 16.5. The first-order valence-corrected chi connectivity index (χ1v) is 10.8. The number of alkyl halides is 1. The molecule has 0 radical (unpaired) electrons. The topological polar surface area (TPSA) is 20.3 Å². The van der Waals surface area contributed by atoms with E-state index in [2.05, 4.69) is 51.2 Å². The number of hydrogen-bond donors (Lipinski definition) is 0. The molecule has 2 nitrogen and oxygen atoms in total. The van der Waals surface area contributed by atoms with E-state index in [1.807, 2.05) is 0 Å². The minimum Gasteiger partial charge on any atom is -0.343 e. The number of carbonyl (C=O) groups excluding carboxylic acids is 1. The number of rotatable bonds is 10. The molecule has 1 heterocycles. The summed E-state index contributed by atoms with van der Waals surface area (Å²) in [6.45, 7) is 1.96. The first-order valence-electron chi connectivity index (χ1n) is 9.67. The average molecular weight is 394 g/mol. The van der Waals surface area contributed by atoms with Crippen molar-refractivity contribution in [3.05, 3.63) is 35.9 Å². The molecule has 0 aromatic heterocycles. The predicted octanol–water partition coefficient (Wildman–Crippen LogP) is 5.59. The number of unbranched alkanes of at least 4 members (excludes halogenated alkanes) is 3. The molecule has 0 aliphatic carbocycles. The Hall–Kier alpha value is -0.830. The van der Waals surface area contributed by atoms with Gasteiger partial charge in [0.15, 0.2) is 0 Å². The first-order chi connectivity index (χ1) is 11.8. The molecule has 0 unspecified atom stereocenters. The standard InChI is InChI=1S/C21H32BrNO/c22-16-7-2-1-6-13-21(24)23-17-14-20(15-18-23)12-8-11-19-9-4-3-5-10-19/h3-5,9-10,20H,1-2,6-8,11-18H2. The van der Waals surface area contributed by atoms with Crippen LogP contribution in [0.1, 0.15) is 63.4 Å². The number of carbonyl (C=O) groups is 1. The molecule has 1 aliphatic heterocycles. The normalized spacial score (nSPS) is 15.6. The van der Waals surface area contributed by atoms with Crippen LogP contribution in [0.2, 0.25) is 0 Å². The van der Waals surface area contributed by atoms with E-state index in [0.717, 1.165) is 37.2 Å². The van der Waals surface area contributed by atoms with Gasteiger partial charge in [0.25, 0.3) is 0 Å². The second-order valence-corrected chi connectivity index (χ2v) is 7.85. The Labute approximate surface area is 156 Å². The van der Waals surface area contributed by atoms with Crippen molar-refractivity contribution in [2.45, 2.75) is 64.2 Å². The lowest BCUT2D eigenvalue weighted by molar-refractivity contribution is -0.132. The van der Waals surface area contributed by atoms with Crippen LogP contribution in [-0.2, 0) is 11.2 Å². The Kier molecular flexibility index (Phi) is 9.48. The fraction of sp³-hybridized carbons (Fsp3) is 0.667. The lowest BCUT2D eigenvalue weighted by Crippen LogP contribution is -2.38. The van der Waals surface area contributed by atoms with Gasteiger partial charge in [-0.2, -0.15) is 0 Å². The van der Waals surface area contributed by atoms with Gasteiger partial charge in [0.2, 0.25) is 5.91 Å². The second-order valence-electron chi connectivity index (χ2n) is 7.06. The van der Waals surface area contributed by atoms with E-state index < -0.39 is 0 Å². The zero-order chi connectivity index (χ0) is 17.0. The summed E-state index contributed by atoms with van der Waals surface area (Å²) in [5, 5.41) is 1.08. The van der Waals surface area contributed by atoms with Gasteiger partial charge in [-0.25, -0.2) is 0 Å². The smallest absolute Gasteiger partial charge is 0.222 e. The molecule has 0 atom stereocenters. The van der Waals surface area contributed by atoms with E-state index >= 15 is 0 Å². The van der Waals surface area contributed by atoms with Crippen molar-refractivity contribution >= 4 is 21.8 Å². The van der Waals surface area contributed by atoms with Crippen LogP contribution in [0, 0.1) is 5.92 Å². The molecular weight excluding hydrogens is 362 g/mol. The van der Waals surface area contributed by atoms with Gasteiger partial charge in [0, 0.05) is 24.8 Å². The van der Waals surface area contributed by atoms with Gasteiger partial charge in [-0.05, 0) is 56.4 Å². The molecule has 3 heteroatoms. The summed E-state index contributed by atoms with van der Waals surface area (Å²) < 4.78 is 0. The van der Waals surface area contributed by atoms with Crippen LogP contribution in [0.3, 0.4) is 0 Å². The average Bonchev–Trinajstić information content (AvgIpc) is 2.63. The predicted molar refractivity (Wildman–Crippen MR) is 106 cm³/mol. The molecule has 2 rings (SSSR count). The van der Waals surface area contributed by atoms with E-state index in [-0.39, 0.29) is 0 Å². The minimum absolute atomic E-state index is 0.386. The molecule has 0 N–H and O–H groups in total. The molecule has 1 aliphatic rings. The molecule has 1 aromatic carbocycles. The molecular formula is C21H32BrNO. The number of aryl methyl sites for hydroxylation is 1. The highest BCUT2D eigenvalue weighted by Gasteiger charge is 2.21. The summed E-state index contributed by atoms with van der Waals surface area (Å²) in [5.74, 6) is 1.20. The number of nitrogens with zero attached hydrogens (tertiary/aromatic N) is 1. The maximum Gasteiger partial charge on any atom is 0.222 e. The highest BCUT2D eigenvalue weighted by Crippen LogP contribution is 2.23. The largest absolute Gasteiger partial charge is 0.343 e. The fourth-order valence-corrected chi connectivity index (χ4v) is 3.99. The summed E-state index contributed by atoms with van der Waals surface area (Å²) in [6.07, 6.45) is 11.6. The maximum atomic E-state index is 12.3. The Morgan fingerprint density at radius 1 is 1.00 bits per heavy atom. The number of benzene rings is 1. The van der Waals surface area contributed by atoms with E-state index in [1.165, 1.54) is 56.9 Å². The molecule has 0 bridgehead atoms. The van der Waals surface area contributed by atoms with Crippen molar-refractivity contribution in [3.63, 3.8) is 0 Å². The van der Waals surface area contributed by atoms with Gasteiger partial charge < -0.3 is 4.90 Å². The third-order valence-electron chi connectivity index (χ3n) is 5.16. The van der Waals surface area contributed by atoms with Crippen molar-refractivity contribution in [2.24, 2.45) is 5.92 Å². The van der Waals surface area contributed by atoms with Crippen LogP contribution >= 0.6 is 15.9 Å². The van der Waals surface area contributed by atoms with Crippen LogP contribution in [0.5, 0.6) is 0 Å². The molecule has 1 aromatic rings. The van der Waals surface area contributed by atoms with Gasteiger partial charge in [-0.1, -0.05) is 59.1 Å². The number of amides is 1. The van der Waals surface area contributed by atoms with Crippen molar-refractivity contribution in [3.8, 4) is 0 Å². The lowest BCUT2D eigenvalue weighted by Gasteiger charge is -2.32. The van der Waals surface area contributed by atoms with Gasteiger partial charge in [-0.3, -0.25) is 4.79 Å². The lowest BCUT2D eigenvalue weighted by atomic mass is 9.90. The molecule has 24 heavy (non-hydrogen) atoms. The van der Waals surface area contributed by atoms with E-state index in [4.69, 9.17) is 0 Å². The van der Waals surface area contributed by atoms with Gasteiger partial charge in [0.05, 0.1) is 0 Å². The SMILES string of the molecule is O=C(CCCCCCBr)N1CCC(CCCc2ccccc2)CC1. The molecule has 134 valence electrons. The number of halogens is 1.